The highest BCUT2D eigenvalue weighted by atomic mass is 15.1. The van der Waals surface area contributed by atoms with E-state index < -0.39 is 0 Å². The predicted octanol–water partition coefficient (Wildman–Crippen LogP) is 5.91. The van der Waals surface area contributed by atoms with Crippen LogP contribution in [0.25, 0.3) is 22.5 Å². The molecule has 28 heavy (non-hydrogen) atoms. The van der Waals surface area contributed by atoms with Crippen molar-refractivity contribution in [2.24, 2.45) is 0 Å². The smallest absolute Gasteiger partial charge is 0.111 e. The van der Waals surface area contributed by atoms with E-state index in [0.29, 0.717) is 5.57 Å². The molecule has 4 rings (SSSR count). The molecule has 0 aliphatic heterocycles. The Morgan fingerprint density at radius 2 is 1.39 bits per heavy atom. The van der Waals surface area contributed by atoms with E-state index in [0.717, 1.165) is 34.0 Å². The first-order valence-corrected chi connectivity index (χ1v) is 9.20. The third kappa shape index (κ3) is 3.51. The molecule has 0 atom stereocenters. The summed E-state index contributed by atoms with van der Waals surface area (Å²) in [5.41, 5.74) is 5.66. The van der Waals surface area contributed by atoms with E-state index in [9.17, 15) is 0 Å². The number of rotatable bonds is 3. The second kappa shape index (κ2) is 7.82. The average molecular weight is 360 g/mol. The van der Waals surface area contributed by atoms with Crippen LogP contribution in [0.3, 0.4) is 0 Å². The van der Waals surface area contributed by atoms with Crippen LogP contribution in [-0.4, -0.2) is 9.55 Å². The molecule has 0 aliphatic rings. The van der Waals surface area contributed by atoms with Gasteiger partial charge < -0.3 is 0 Å². The van der Waals surface area contributed by atoms with Gasteiger partial charge in [0.2, 0.25) is 0 Å². The fraction of sp³-hybridized carbons (Fsp3) is 0.0385. The van der Waals surface area contributed by atoms with Crippen molar-refractivity contribution in [2.45, 2.75) is 6.92 Å². The Labute approximate surface area is 165 Å². The molecule has 2 nitrogen and oxygen atoms in total. The molecular formula is C26H20N2. The normalized spacial score (nSPS) is 10.2. The fourth-order valence-electron chi connectivity index (χ4n) is 3.23. The van der Waals surface area contributed by atoms with Gasteiger partial charge in [-0.15, -0.1) is 0 Å². The molecule has 3 aromatic carbocycles. The van der Waals surface area contributed by atoms with Crippen molar-refractivity contribution in [2.75, 3.05) is 0 Å². The number of nitrogens with zero attached hydrogens (tertiary/aromatic N) is 2. The number of aromatic nitrogens is 2. The zero-order chi connectivity index (χ0) is 19.3. The molecule has 1 heterocycles. The van der Waals surface area contributed by atoms with Gasteiger partial charge in [-0.25, -0.2) is 4.98 Å². The molecule has 0 saturated heterocycles. The van der Waals surface area contributed by atoms with Gasteiger partial charge in [-0.05, 0) is 31.2 Å². The molecule has 0 N–H and O–H groups in total. The minimum Gasteiger partial charge on any atom is -0.296 e. The second-order valence-corrected chi connectivity index (χ2v) is 6.49. The lowest BCUT2D eigenvalue weighted by Crippen LogP contribution is -1.99. The Morgan fingerprint density at radius 1 is 0.821 bits per heavy atom. The molecule has 0 spiro atoms. The SMILES string of the molecule is C=C(C#Cc1ccccc1)c1nc(C)n(-c2ccccc2)c1-c1ccccc1. The van der Waals surface area contributed by atoms with Crippen LogP contribution in [0.15, 0.2) is 97.6 Å². The Kier molecular flexibility index (Phi) is 4.91. The summed E-state index contributed by atoms with van der Waals surface area (Å²) in [5, 5.41) is 0. The summed E-state index contributed by atoms with van der Waals surface area (Å²) in [4.78, 5) is 4.84. The highest BCUT2D eigenvalue weighted by Gasteiger charge is 2.19. The van der Waals surface area contributed by atoms with Gasteiger partial charge >= 0.3 is 0 Å². The van der Waals surface area contributed by atoms with Crippen LogP contribution >= 0.6 is 0 Å². The van der Waals surface area contributed by atoms with Crippen molar-refractivity contribution in [1.82, 2.24) is 9.55 Å². The first-order valence-electron chi connectivity index (χ1n) is 9.20. The summed E-state index contributed by atoms with van der Waals surface area (Å²) in [5.74, 6) is 7.29. The van der Waals surface area contributed by atoms with Crippen LogP contribution in [0.2, 0.25) is 0 Å². The summed E-state index contributed by atoms with van der Waals surface area (Å²) < 4.78 is 2.17. The first kappa shape index (κ1) is 17.6. The molecule has 4 aromatic rings. The lowest BCUT2D eigenvalue weighted by Gasteiger charge is -2.11. The van der Waals surface area contributed by atoms with E-state index >= 15 is 0 Å². The number of hydrogen-bond acceptors (Lipinski definition) is 1. The Hall–Kier alpha value is -3.83. The maximum atomic E-state index is 4.84. The third-order valence-electron chi connectivity index (χ3n) is 4.52. The second-order valence-electron chi connectivity index (χ2n) is 6.49. The van der Waals surface area contributed by atoms with Crippen LogP contribution in [0, 0.1) is 18.8 Å². The maximum absolute atomic E-state index is 4.84. The van der Waals surface area contributed by atoms with Crippen LogP contribution in [-0.2, 0) is 0 Å². The van der Waals surface area contributed by atoms with Gasteiger partial charge in [0, 0.05) is 22.4 Å². The van der Waals surface area contributed by atoms with Gasteiger partial charge in [0.15, 0.2) is 0 Å². The average Bonchev–Trinajstić information content (AvgIpc) is 3.11. The van der Waals surface area contributed by atoms with Crippen LogP contribution in [0.5, 0.6) is 0 Å². The zero-order valence-corrected chi connectivity index (χ0v) is 15.8. The molecule has 1 aromatic heterocycles. The standard InChI is InChI=1S/C26H20N2/c1-20(18-19-22-12-6-3-7-13-22)25-26(23-14-8-4-9-15-23)28(21(2)27-25)24-16-10-5-11-17-24/h3-17H,1H2,2H3. The summed E-state index contributed by atoms with van der Waals surface area (Å²) in [6.07, 6.45) is 0. The van der Waals surface area contributed by atoms with Crippen molar-refractivity contribution < 1.29 is 0 Å². The maximum Gasteiger partial charge on any atom is 0.111 e. The minimum absolute atomic E-state index is 0.709. The molecule has 0 bridgehead atoms. The zero-order valence-electron chi connectivity index (χ0n) is 15.8. The highest BCUT2D eigenvalue weighted by Crippen LogP contribution is 2.31. The van der Waals surface area contributed by atoms with Gasteiger partial charge in [-0.1, -0.05) is 85.1 Å². The minimum atomic E-state index is 0.709. The summed E-state index contributed by atoms with van der Waals surface area (Å²) in [6.45, 7) is 6.24. The van der Waals surface area contributed by atoms with Gasteiger partial charge in [-0.3, -0.25) is 4.57 Å². The Balaban J connectivity index is 1.87. The van der Waals surface area contributed by atoms with E-state index in [-0.39, 0.29) is 0 Å². The Morgan fingerprint density at radius 3 is 2.04 bits per heavy atom. The van der Waals surface area contributed by atoms with Crippen molar-refractivity contribution in [3.63, 3.8) is 0 Å². The van der Waals surface area contributed by atoms with E-state index in [1.165, 1.54) is 0 Å². The quantitative estimate of drug-likeness (QED) is 0.415. The lowest BCUT2D eigenvalue weighted by molar-refractivity contribution is 0.980. The van der Waals surface area contributed by atoms with Crippen LogP contribution in [0.4, 0.5) is 0 Å². The highest BCUT2D eigenvalue weighted by molar-refractivity contribution is 5.85. The lowest BCUT2D eigenvalue weighted by atomic mass is 10.1. The third-order valence-corrected chi connectivity index (χ3v) is 4.52. The molecule has 0 unspecified atom stereocenters. The number of allylic oxidation sites excluding steroid dienone is 1. The molecule has 0 amide bonds. The molecule has 0 saturated carbocycles. The van der Waals surface area contributed by atoms with Crippen molar-refractivity contribution in [1.29, 1.82) is 0 Å². The molecular weight excluding hydrogens is 340 g/mol. The van der Waals surface area contributed by atoms with E-state index in [1.54, 1.807) is 0 Å². The van der Waals surface area contributed by atoms with Crippen molar-refractivity contribution >= 4 is 5.57 Å². The van der Waals surface area contributed by atoms with Gasteiger partial charge in [0.25, 0.3) is 0 Å². The topological polar surface area (TPSA) is 17.8 Å². The van der Waals surface area contributed by atoms with Crippen molar-refractivity contribution in [3.8, 4) is 28.8 Å². The van der Waals surface area contributed by atoms with E-state index in [2.05, 4.69) is 47.3 Å². The van der Waals surface area contributed by atoms with Crippen LogP contribution in [0.1, 0.15) is 17.1 Å². The van der Waals surface area contributed by atoms with Gasteiger partial charge in [0.1, 0.15) is 11.5 Å². The molecule has 0 aliphatic carbocycles. The number of hydrogen-bond donors (Lipinski definition) is 0. The van der Waals surface area contributed by atoms with Gasteiger partial charge in [0.05, 0.1) is 5.69 Å². The summed E-state index contributed by atoms with van der Waals surface area (Å²) in [6, 6.07) is 30.5. The predicted molar refractivity (Wildman–Crippen MR) is 116 cm³/mol. The summed E-state index contributed by atoms with van der Waals surface area (Å²) in [7, 11) is 0. The number of aryl methyl sites for hydroxylation is 1. The fourth-order valence-corrected chi connectivity index (χ4v) is 3.23. The Bertz CT molecular complexity index is 1160. The van der Waals surface area contributed by atoms with E-state index in [1.807, 2.05) is 73.7 Å². The first-order chi connectivity index (χ1) is 13.7. The van der Waals surface area contributed by atoms with Crippen molar-refractivity contribution in [3.05, 3.63) is 115 Å². The summed E-state index contributed by atoms with van der Waals surface area (Å²) >= 11 is 0. The molecule has 134 valence electrons. The molecule has 2 heteroatoms. The molecule has 0 radical (unpaired) electrons. The van der Waals surface area contributed by atoms with Gasteiger partial charge in [-0.2, -0.15) is 0 Å². The van der Waals surface area contributed by atoms with E-state index in [4.69, 9.17) is 4.98 Å². The number of para-hydroxylation sites is 1. The van der Waals surface area contributed by atoms with Crippen LogP contribution < -0.4 is 0 Å². The monoisotopic (exact) mass is 360 g/mol. The largest absolute Gasteiger partial charge is 0.296 e. The number of benzene rings is 3. The number of imidazole rings is 1. The molecule has 0 fully saturated rings.